The summed E-state index contributed by atoms with van der Waals surface area (Å²) in [7, 11) is 0. The first kappa shape index (κ1) is 57.4. The van der Waals surface area contributed by atoms with E-state index in [0.717, 1.165) is 69.6 Å². The van der Waals surface area contributed by atoms with Crippen LogP contribution < -0.4 is 0 Å². The molecule has 6 heteroatoms. The minimum atomic E-state index is -0.762. The van der Waals surface area contributed by atoms with E-state index in [9.17, 15) is 14.4 Å². The topological polar surface area (TPSA) is 78.9 Å². The largest absolute Gasteiger partial charge is 0.462 e. The Morgan fingerprint density at radius 2 is 0.559 bits per heavy atom. The Morgan fingerprint density at radius 1 is 0.322 bits per heavy atom. The van der Waals surface area contributed by atoms with E-state index in [1.54, 1.807) is 0 Å². The van der Waals surface area contributed by atoms with Crippen molar-refractivity contribution >= 4 is 17.9 Å². The number of carbonyl (C=O) groups excluding carboxylic acids is 3. The molecule has 0 N–H and O–H groups in total. The molecule has 0 spiro atoms. The summed E-state index contributed by atoms with van der Waals surface area (Å²) in [6.45, 7) is 11.3. The summed E-state index contributed by atoms with van der Waals surface area (Å²) >= 11 is 0. The third-order valence-corrected chi connectivity index (χ3v) is 12.0. The molecule has 0 aromatic carbocycles. The normalized spacial score (nSPS) is 12.1. The molecule has 350 valence electrons. The van der Waals surface area contributed by atoms with Gasteiger partial charge in [0.2, 0.25) is 0 Å². The van der Waals surface area contributed by atoms with Gasteiger partial charge in [-0.2, -0.15) is 0 Å². The van der Waals surface area contributed by atoms with Crippen molar-refractivity contribution in [1.29, 1.82) is 0 Å². The highest BCUT2D eigenvalue weighted by atomic mass is 16.6. The van der Waals surface area contributed by atoms with Crippen molar-refractivity contribution < 1.29 is 28.6 Å². The molecule has 0 heterocycles. The van der Waals surface area contributed by atoms with Gasteiger partial charge in [0.1, 0.15) is 13.2 Å². The summed E-state index contributed by atoms with van der Waals surface area (Å²) < 4.78 is 16.8. The number of rotatable bonds is 47. The Labute approximate surface area is 368 Å². The maximum absolute atomic E-state index is 12.8. The van der Waals surface area contributed by atoms with Crippen molar-refractivity contribution in [2.45, 2.75) is 298 Å². The van der Waals surface area contributed by atoms with Crippen LogP contribution in [-0.4, -0.2) is 37.2 Å². The molecular formula is C53H102O6. The molecule has 6 nitrogen and oxygen atoms in total. The van der Waals surface area contributed by atoms with E-state index in [0.29, 0.717) is 19.3 Å². The van der Waals surface area contributed by atoms with Crippen molar-refractivity contribution in [3.8, 4) is 0 Å². The fourth-order valence-electron chi connectivity index (χ4n) is 7.99. The van der Waals surface area contributed by atoms with Crippen molar-refractivity contribution in [2.75, 3.05) is 13.2 Å². The van der Waals surface area contributed by atoms with E-state index in [4.69, 9.17) is 14.2 Å². The van der Waals surface area contributed by atoms with Crippen molar-refractivity contribution in [1.82, 2.24) is 0 Å². The first-order valence-corrected chi connectivity index (χ1v) is 26.2. The Hall–Kier alpha value is -1.59. The standard InChI is InChI=1S/C53H102O6/c1-6-7-8-9-10-11-12-13-14-15-16-17-18-21-25-28-35-40-45-53(56)59-50(47-58-52(55)44-39-34-30-29-32-37-42-49(4)5)46-57-51(54)43-38-33-27-24-22-19-20-23-26-31-36-41-48(2)3/h48-50H,6-47H2,1-5H3/t50-/m1/s1. The number of ether oxygens (including phenoxy) is 3. The summed E-state index contributed by atoms with van der Waals surface area (Å²) in [5.74, 6) is 0.737. The third kappa shape index (κ3) is 47.3. The van der Waals surface area contributed by atoms with Crippen molar-refractivity contribution in [2.24, 2.45) is 11.8 Å². The highest BCUT2D eigenvalue weighted by Gasteiger charge is 2.19. The van der Waals surface area contributed by atoms with Crippen LogP contribution >= 0.6 is 0 Å². The van der Waals surface area contributed by atoms with Crippen LogP contribution in [0.2, 0.25) is 0 Å². The molecule has 1 atom stereocenters. The van der Waals surface area contributed by atoms with Gasteiger partial charge in [-0.05, 0) is 31.1 Å². The second kappa shape index (κ2) is 45.9. The van der Waals surface area contributed by atoms with Gasteiger partial charge in [-0.1, -0.05) is 253 Å². The second-order valence-corrected chi connectivity index (χ2v) is 19.1. The smallest absolute Gasteiger partial charge is 0.306 e. The molecule has 0 aliphatic rings. The molecule has 59 heavy (non-hydrogen) atoms. The van der Waals surface area contributed by atoms with Crippen LogP contribution in [0.15, 0.2) is 0 Å². The van der Waals surface area contributed by atoms with Gasteiger partial charge in [0.05, 0.1) is 0 Å². The zero-order valence-electron chi connectivity index (χ0n) is 40.4. The summed E-state index contributed by atoms with van der Waals surface area (Å²) in [4.78, 5) is 37.9. The van der Waals surface area contributed by atoms with Crippen LogP contribution in [0.1, 0.15) is 291 Å². The van der Waals surface area contributed by atoms with Crippen molar-refractivity contribution in [3.05, 3.63) is 0 Å². The monoisotopic (exact) mass is 835 g/mol. The predicted octanol–water partition coefficient (Wildman–Crippen LogP) is 16.9. The van der Waals surface area contributed by atoms with Gasteiger partial charge in [0.25, 0.3) is 0 Å². The molecule has 0 fully saturated rings. The van der Waals surface area contributed by atoms with E-state index >= 15 is 0 Å². The summed E-state index contributed by atoms with van der Waals surface area (Å²) in [5.41, 5.74) is 0. The number of unbranched alkanes of at least 4 members (excludes halogenated alkanes) is 32. The second-order valence-electron chi connectivity index (χ2n) is 19.1. The van der Waals surface area contributed by atoms with E-state index < -0.39 is 6.10 Å². The fourth-order valence-corrected chi connectivity index (χ4v) is 7.99. The van der Waals surface area contributed by atoms with Crippen LogP contribution in [0, 0.1) is 11.8 Å². The SMILES string of the molecule is CCCCCCCCCCCCCCCCCCCCC(=O)O[C@H](COC(=O)CCCCCCCCCCCCCC(C)C)COC(=O)CCCCCCCCC(C)C. The number of hydrogen-bond donors (Lipinski definition) is 0. The lowest BCUT2D eigenvalue weighted by atomic mass is 10.0. The van der Waals surface area contributed by atoms with Crippen LogP contribution in [0.3, 0.4) is 0 Å². The summed E-state index contributed by atoms with van der Waals surface area (Å²) in [6.07, 6.45) is 46.8. The molecular weight excluding hydrogens is 733 g/mol. The number of carbonyl (C=O) groups is 3. The zero-order chi connectivity index (χ0) is 43.3. The minimum Gasteiger partial charge on any atom is -0.462 e. The molecule has 0 saturated heterocycles. The molecule has 0 aliphatic heterocycles. The lowest BCUT2D eigenvalue weighted by Crippen LogP contribution is -2.30. The van der Waals surface area contributed by atoms with Crippen LogP contribution in [0.5, 0.6) is 0 Å². The summed E-state index contributed by atoms with van der Waals surface area (Å²) in [6, 6.07) is 0. The van der Waals surface area contributed by atoms with E-state index in [1.165, 1.54) is 180 Å². The fraction of sp³-hybridized carbons (Fsp3) is 0.943. The van der Waals surface area contributed by atoms with Gasteiger partial charge >= 0.3 is 17.9 Å². The first-order chi connectivity index (χ1) is 28.7. The zero-order valence-corrected chi connectivity index (χ0v) is 40.4. The van der Waals surface area contributed by atoms with Crippen molar-refractivity contribution in [3.63, 3.8) is 0 Å². The van der Waals surface area contributed by atoms with Crippen LogP contribution in [0.25, 0.3) is 0 Å². The molecule has 0 bridgehead atoms. The van der Waals surface area contributed by atoms with Gasteiger partial charge in [0, 0.05) is 19.3 Å². The Bertz CT molecular complexity index is 900. The summed E-state index contributed by atoms with van der Waals surface area (Å²) in [5, 5.41) is 0. The highest BCUT2D eigenvalue weighted by Crippen LogP contribution is 2.17. The lowest BCUT2D eigenvalue weighted by Gasteiger charge is -2.18. The molecule has 0 aromatic heterocycles. The predicted molar refractivity (Wildman–Crippen MR) is 252 cm³/mol. The molecule has 0 saturated carbocycles. The quantitative estimate of drug-likeness (QED) is 0.0345. The van der Waals surface area contributed by atoms with E-state index in [2.05, 4.69) is 34.6 Å². The van der Waals surface area contributed by atoms with Gasteiger partial charge in [-0.15, -0.1) is 0 Å². The Kier molecular flexibility index (Phi) is 44.7. The molecule has 0 aliphatic carbocycles. The number of esters is 3. The molecule has 0 radical (unpaired) electrons. The van der Waals surface area contributed by atoms with Gasteiger partial charge in [0.15, 0.2) is 6.10 Å². The van der Waals surface area contributed by atoms with E-state index in [1.807, 2.05) is 0 Å². The average molecular weight is 835 g/mol. The molecule has 0 unspecified atom stereocenters. The van der Waals surface area contributed by atoms with Gasteiger partial charge in [-0.25, -0.2) is 0 Å². The highest BCUT2D eigenvalue weighted by molar-refractivity contribution is 5.71. The molecule has 0 amide bonds. The van der Waals surface area contributed by atoms with Crippen LogP contribution in [-0.2, 0) is 28.6 Å². The Balaban J connectivity index is 4.25. The third-order valence-electron chi connectivity index (χ3n) is 12.0. The lowest BCUT2D eigenvalue weighted by molar-refractivity contribution is -0.167. The maximum atomic E-state index is 12.8. The molecule has 0 rings (SSSR count). The van der Waals surface area contributed by atoms with Gasteiger partial charge < -0.3 is 14.2 Å². The maximum Gasteiger partial charge on any atom is 0.306 e. The van der Waals surface area contributed by atoms with Gasteiger partial charge in [-0.3, -0.25) is 14.4 Å². The first-order valence-electron chi connectivity index (χ1n) is 26.2. The number of hydrogen-bond acceptors (Lipinski definition) is 6. The van der Waals surface area contributed by atoms with E-state index in [-0.39, 0.29) is 31.1 Å². The van der Waals surface area contributed by atoms with Crippen LogP contribution in [0.4, 0.5) is 0 Å². The average Bonchev–Trinajstić information content (AvgIpc) is 3.20. The minimum absolute atomic E-state index is 0.0647. The molecule has 0 aromatic rings. The Morgan fingerprint density at radius 3 is 0.831 bits per heavy atom.